The summed E-state index contributed by atoms with van der Waals surface area (Å²) >= 11 is 6.29. The summed E-state index contributed by atoms with van der Waals surface area (Å²) in [6.07, 6.45) is 3.66. The summed E-state index contributed by atoms with van der Waals surface area (Å²) in [4.78, 5) is 0.497. The van der Waals surface area contributed by atoms with Crippen molar-refractivity contribution in [2.45, 2.75) is 24.1 Å². The van der Waals surface area contributed by atoms with Gasteiger partial charge < -0.3 is 0 Å². The van der Waals surface area contributed by atoms with E-state index in [2.05, 4.69) is 87.1 Å². The van der Waals surface area contributed by atoms with E-state index >= 15 is 0 Å². The summed E-state index contributed by atoms with van der Waals surface area (Å²) < 4.78 is 1.31. The molecule has 0 spiro atoms. The average Bonchev–Trinajstić information content (AvgIpc) is 2.45. The highest BCUT2D eigenvalue weighted by molar-refractivity contribution is 14.1. The predicted molar refractivity (Wildman–Crippen MR) is 92.8 cm³/mol. The lowest BCUT2D eigenvalue weighted by Gasteiger charge is -2.30. The Kier molecular flexibility index (Phi) is 4.27. The van der Waals surface area contributed by atoms with Crippen LogP contribution in [0.15, 0.2) is 48.5 Å². The molecular formula is C17H16BrI. The maximum Gasteiger partial charge on any atom is 0.0429 e. The normalized spacial score (nSPS) is 22.0. The number of alkyl halides is 1. The fourth-order valence-electron chi connectivity index (χ4n) is 2.90. The topological polar surface area (TPSA) is 0 Å². The highest BCUT2D eigenvalue weighted by Gasteiger charge is 2.27. The van der Waals surface area contributed by atoms with Gasteiger partial charge in [0.25, 0.3) is 0 Å². The van der Waals surface area contributed by atoms with Gasteiger partial charge in [-0.15, -0.1) is 0 Å². The maximum absolute atomic E-state index is 3.92. The number of aryl methyl sites for hydroxylation is 1. The van der Waals surface area contributed by atoms with Gasteiger partial charge in [0.1, 0.15) is 0 Å². The molecule has 0 saturated carbocycles. The Morgan fingerprint density at radius 2 is 1.79 bits per heavy atom. The summed E-state index contributed by atoms with van der Waals surface area (Å²) in [6.45, 7) is 0. The lowest BCUT2D eigenvalue weighted by Crippen LogP contribution is -2.18. The van der Waals surface area contributed by atoms with Crippen LogP contribution in [-0.2, 0) is 12.8 Å². The molecule has 3 rings (SSSR count). The molecule has 0 fully saturated rings. The van der Waals surface area contributed by atoms with Crippen molar-refractivity contribution >= 4 is 38.5 Å². The first-order valence-corrected chi connectivity index (χ1v) is 8.70. The van der Waals surface area contributed by atoms with Crippen LogP contribution in [0.25, 0.3) is 0 Å². The molecule has 2 atom stereocenters. The van der Waals surface area contributed by atoms with Crippen LogP contribution in [0.4, 0.5) is 0 Å². The largest absolute Gasteiger partial charge is 0.0836 e. The zero-order valence-electron chi connectivity index (χ0n) is 10.7. The molecular weight excluding hydrogens is 411 g/mol. The van der Waals surface area contributed by atoms with Crippen LogP contribution in [0.3, 0.4) is 0 Å². The zero-order chi connectivity index (χ0) is 13.2. The molecule has 0 aliphatic heterocycles. The third-order valence-electron chi connectivity index (χ3n) is 3.96. The number of halogens is 2. The van der Waals surface area contributed by atoms with Gasteiger partial charge in [-0.05, 0) is 76.6 Å². The molecule has 0 amide bonds. The van der Waals surface area contributed by atoms with Crippen molar-refractivity contribution in [3.63, 3.8) is 0 Å². The minimum atomic E-state index is 0.497. The minimum absolute atomic E-state index is 0.497. The van der Waals surface area contributed by atoms with E-state index in [1.54, 1.807) is 0 Å². The van der Waals surface area contributed by atoms with E-state index in [1.165, 1.54) is 39.5 Å². The maximum atomic E-state index is 3.92. The molecule has 0 N–H and O–H groups in total. The molecule has 0 heterocycles. The number of benzene rings is 2. The standard InChI is InChI=1S/C17H16BrI/c18-17-14(11-12-5-9-15(19)10-6-12)8-7-13-3-1-2-4-16(13)17/h1-6,9-10,14,17H,7-8,11H2. The van der Waals surface area contributed by atoms with Crippen molar-refractivity contribution in [1.82, 2.24) is 0 Å². The first kappa shape index (κ1) is 13.6. The number of fused-ring (bicyclic) bond motifs is 1. The van der Waals surface area contributed by atoms with E-state index in [9.17, 15) is 0 Å². The summed E-state index contributed by atoms with van der Waals surface area (Å²) in [5.41, 5.74) is 4.46. The van der Waals surface area contributed by atoms with E-state index in [0.717, 1.165) is 0 Å². The van der Waals surface area contributed by atoms with Crippen LogP contribution in [0.2, 0.25) is 0 Å². The van der Waals surface area contributed by atoms with Gasteiger partial charge in [-0.3, -0.25) is 0 Å². The SMILES string of the molecule is BrC1c2ccccc2CCC1Cc1ccc(I)cc1. The average molecular weight is 427 g/mol. The lowest BCUT2D eigenvalue weighted by atomic mass is 9.81. The number of hydrogen-bond donors (Lipinski definition) is 0. The van der Waals surface area contributed by atoms with Crippen LogP contribution in [-0.4, -0.2) is 0 Å². The summed E-state index contributed by atoms with van der Waals surface area (Å²) in [5.74, 6) is 0.704. The third kappa shape index (κ3) is 3.05. The molecule has 0 radical (unpaired) electrons. The van der Waals surface area contributed by atoms with E-state index in [-0.39, 0.29) is 0 Å². The Labute approximate surface area is 136 Å². The van der Waals surface area contributed by atoms with Crippen LogP contribution < -0.4 is 0 Å². The van der Waals surface area contributed by atoms with Crippen LogP contribution in [0.5, 0.6) is 0 Å². The quantitative estimate of drug-likeness (QED) is 0.437. The predicted octanol–water partition coefficient (Wildman–Crippen LogP) is 5.53. The van der Waals surface area contributed by atoms with E-state index in [4.69, 9.17) is 0 Å². The van der Waals surface area contributed by atoms with Gasteiger partial charge in [0.2, 0.25) is 0 Å². The summed E-state index contributed by atoms with van der Waals surface area (Å²) in [5, 5.41) is 0. The molecule has 1 aliphatic rings. The molecule has 0 aromatic heterocycles. The van der Waals surface area contributed by atoms with Gasteiger partial charge in [0.05, 0.1) is 0 Å². The third-order valence-corrected chi connectivity index (χ3v) is 5.92. The molecule has 2 unspecified atom stereocenters. The molecule has 2 heteroatoms. The Morgan fingerprint density at radius 3 is 2.58 bits per heavy atom. The van der Waals surface area contributed by atoms with E-state index < -0.39 is 0 Å². The number of rotatable bonds is 2. The first-order chi connectivity index (χ1) is 9.24. The summed E-state index contributed by atoms with van der Waals surface area (Å²) in [6, 6.07) is 17.8. The van der Waals surface area contributed by atoms with Crippen LogP contribution in [0.1, 0.15) is 27.9 Å². The first-order valence-electron chi connectivity index (χ1n) is 6.70. The van der Waals surface area contributed by atoms with Gasteiger partial charge in [0.15, 0.2) is 0 Å². The van der Waals surface area contributed by atoms with E-state index in [0.29, 0.717) is 10.7 Å². The Morgan fingerprint density at radius 1 is 1.05 bits per heavy atom. The van der Waals surface area contributed by atoms with Crippen LogP contribution >= 0.6 is 38.5 Å². The Bertz CT molecular complexity index is 562. The van der Waals surface area contributed by atoms with Gasteiger partial charge >= 0.3 is 0 Å². The van der Waals surface area contributed by atoms with Crippen molar-refractivity contribution < 1.29 is 0 Å². The smallest absolute Gasteiger partial charge is 0.0429 e. The molecule has 1 aliphatic carbocycles. The molecule has 2 aromatic rings. The van der Waals surface area contributed by atoms with E-state index in [1.807, 2.05) is 0 Å². The van der Waals surface area contributed by atoms with Gasteiger partial charge in [0, 0.05) is 8.40 Å². The van der Waals surface area contributed by atoms with Crippen molar-refractivity contribution in [1.29, 1.82) is 0 Å². The molecule has 98 valence electrons. The highest BCUT2D eigenvalue weighted by atomic mass is 127. The fourth-order valence-corrected chi connectivity index (χ4v) is 4.16. The molecule has 19 heavy (non-hydrogen) atoms. The lowest BCUT2D eigenvalue weighted by molar-refractivity contribution is 0.452. The fraction of sp³-hybridized carbons (Fsp3) is 0.294. The second-order valence-electron chi connectivity index (χ2n) is 5.23. The highest BCUT2D eigenvalue weighted by Crippen LogP contribution is 2.41. The zero-order valence-corrected chi connectivity index (χ0v) is 14.4. The van der Waals surface area contributed by atoms with Crippen LogP contribution in [0, 0.1) is 9.49 Å². The Hall–Kier alpha value is -0.350. The second-order valence-corrected chi connectivity index (χ2v) is 7.46. The summed E-state index contributed by atoms with van der Waals surface area (Å²) in [7, 11) is 0. The van der Waals surface area contributed by atoms with Gasteiger partial charge in [-0.2, -0.15) is 0 Å². The Balaban J connectivity index is 1.79. The van der Waals surface area contributed by atoms with Gasteiger partial charge in [-0.25, -0.2) is 0 Å². The molecule has 0 nitrogen and oxygen atoms in total. The van der Waals surface area contributed by atoms with Crippen molar-refractivity contribution in [3.8, 4) is 0 Å². The van der Waals surface area contributed by atoms with Crippen molar-refractivity contribution in [3.05, 3.63) is 68.8 Å². The van der Waals surface area contributed by atoms with Crippen molar-refractivity contribution in [2.24, 2.45) is 5.92 Å². The number of hydrogen-bond acceptors (Lipinski definition) is 0. The molecule has 0 bridgehead atoms. The van der Waals surface area contributed by atoms with Crippen molar-refractivity contribution in [2.75, 3.05) is 0 Å². The molecule has 2 aromatic carbocycles. The minimum Gasteiger partial charge on any atom is -0.0836 e. The monoisotopic (exact) mass is 426 g/mol. The molecule has 0 saturated heterocycles. The second kappa shape index (κ2) is 5.96. The van der Waals surface area contributed by atoms with Gasteiger partial charge in [-0.1, -0.05) is 52.3 Å².